The molecule has 1 aliphatic heterocycles. The molecular weight excluding hydrogens is 388 g/mol. The fraction of sp³-hybridized carbons (Fsp3) is 0.250. The molecule has 9 nitrogen and oxygen atoms in total. The zero-order chi connectivity index (χ0) is 18.9. The van der Waals surface area contributed by atoms with Crippen molar-refractivity contribution in [1.29, 1.82) is 0 Å². The molecular formula is C16H16N6O3S2. The molecule has 0 unspecified atom stereocenters. The van der Waals surface area contributed by atoms with E-state index in [1.54, 1.807) is 46.7 Å². The maximum absolute atomic E-state index is 12.8. The highest BCUT2D eigenvalue weighted by molar-refractivity contribution is 7.91. The second-order valence-corrected chi connectivity index (χ2v) is 9.06. The fourth-order valence-electron chi connectivity index (χ4n) is 2.93. The summed E-state index contributed by atoms with van der Waals surface area (Å²) in [5.41, 5.74) is 1.19. The van der Waals surface area contributed by atoms with Crippen LogP contribution >= 0.6 is 11.3 Å². The number of hydrogen-bond acceptors (Lipinski definition) is 7. The topological polar surface area (TPSA) is 112 Å². The van der Waals surface area contributed by atoms with E-state index >= 15 is 0 Å². The van der Waals surface area contributed by atoms with Gasteiger partial charge in [0.25, 0.3) is 15.9 Å². The van der Waals surface area contributed by atoms with Gasteiger partial charge in [0.1, 0.15) is 4.21 Å². The molecule has 0 aliphatic carbocycles. The number of nitrogens with one attached hydrogen (secondary N) is 1. The van der Waals surface area contributed by atoms with Crippen LogP contribution in [0.1, 0.15) is 10.4 Å². The molecule has 3 aromatic rings. The van der Waals surface area contributed by atoms with Gasteiger partial charge in [0.15, 0.2) is 0 Å². The molecule has 1 saturated heterocycles. The first-order valence-corrected chi connectivity index (χ1v) is 10.5. The first kappa shape index (κ1) is 17.8. The molecule has 1 aromatic carbocycles. The van der Waals surface area contributed by atoms with Gasteiger partial charge in [-0.2, -0.15) is 9.52 Å². The van der Waals surface area contributed by atoms with Crippen LogP contribution in [0.2, 0.25) is 0 Å². The number of sulfonamides is 1. The molecule has 0 atom stereocenters. The predicted molar refractivity (Wildman–Crippen MR) is 98.6 cm³/mol. The molecule has 11 heteroatoms. The number of carbonyl (C=O) groups excluding carboxylic acids is 1. The third kappa shape index (κ3) is 3.48. The van der Waals surface area contributed by atoms with Gasteiger partial charge in [0, 0.05) is 37.3 Å². The summed E-state index contributed by atoms with van der Waals surface area (Å²) in [6, 6.07) is 10.3. The molecule has 3 heterocycles. The summed E-state index contributed by atoms with van der Waals surface area (Å²) in [7, 11) is -3.48. The van der Waals surface area contributed by atoms with Gasteiger partial charge in [-0.25, -0.2) is 8.42 Å². The Labute approximate surface area is 159 Å². The Morgan fingerprint density at radius 1 is 1.11 bits per heavy atom. The molecule has 0 saturated carbocycles. The molecule has 1 amide bonds. The van der Waals surface area contributed by atoms with Crippen molar-refractivity contribution in [3.8, 4) is 11.4 Å². The number of hydrogen-bond donors (Lipinski definition) is 1. The van der Waals surface area contributed by atoms with Gasteiger partial charge in [0.2, 0.25) is 5.82 Å². The second-order valence-electron chi connectivity index (χ2n) is 5.94. The average molecular weight is 404 g/mol. The number of carbonyl (C=O) groups is 1. The normalized spacial score (nSPS) is 15.8. The van der Waals surface area contributed by atoms with Crippen LogP contribution in [-0.4, -0.2) is 70.3 Å². The Morgan fingerprint density at radius 2 is 1.93 bits per heavy atom. The number of benzene rings is 1. The van der Waals surface area contributed by atoms with Gasteiger partial charge in [-0.1, -0.05) is 18.2 Å². The zero-order valence-corrected chi connectivity index (χ0v) is 15.8. The van der Waals surface area contributed by atoms with Crippen molar-refractivity contribution in [2.75, 3.05) is 26.2 Å². The van der Waals surface area contributed by atoms with Crippen molar-refractivity contribution < 1.29 is 13.2 Å². The fourth-order valence-corrected chi connectivity index (χ4v) is 5.49. The maximum Gasteiger partial charge on any atom is 0.253 e. The number of rotatable bonds is 4. The monoisotopic (exact) mass is 404 g/mol. The quantitative estimate of drug-likeness (QED) is 0.696. The van der Waals surface area contributed by atoms with Gasteiger partial charge >= 0.3 is 0 Å². The molecule has 27 heavy (non-hydrogen) atoms. The van der Waals surface area contributed by atoms with E-state index in [1.807, 2.05) is 0 Å². The van der Waals surface area contributed by atoms with E-state index < -0.39 is 10.0 Å². The summed E-state index contributed by atoms with van der Waals surface area (Å²) in [5, 5.41) is 15.5. The lowest BCUT2D eigenvalue weighted by Crippen LogP contribution is -2.50. The van der Waals surface area contributed by atoms with Crippen LogP contribution in [0.25, 0.3) is 11.4 Å². The molecule has 1 aliphatic rings. The molecule has 1 N–H and O–H groups in total. The summed E-state index contributed by atoms with van der Waals surface area (Å²) in [4.78, 5) is 14.5. The van der Waals surface area contributed by atoms with E-state index in [1.165, 1.54) is 15.6 Å². The van der Waals surface area contributed by atoms with Crippen LogP contribution in [0.3, 0.4) is 0 Å². The highest BCUT2D eigenvalue weighted by Crippen LogP contribution is 2.23. The lowest BCUT2D eigenvalue weighted by Gasteiger charge is -2.33. The Hall–Kier alpha value is -2.63. The standard InChI is InChI=1S/C16H16N6O3S2/c23-16(13-4-1-3-12(11-13)15-17-19-20-18-15)21-6-8-22(9-7-21)27(24,25)14-5-2-10-26-14/h1-5,10-11H,6-9H2,(H,17,18,19,20). The van der Waals surface area contributed by atoms with Crippen molar-refractivity contribution >= 4 is 27.3 Å². The number of nitrogens with zero attached hydrogens (tertiary/aromatic N) is 5. The Balaban J connectivity index is 1.46. The van der Waals surface area contributed by atoms with E-state index in [4.69, 9.17) is 0 Å². The highest BCUT2D eigenvalue weighted by atomic mass is 32.2. The molecule has 1 fully saturated rings. The largest absolute Gasteiger partial charge is 0.336 e. The maximum atomic E-state index is 12.8. The Morgan fingerprint density at radius 3 is 2.59 bits per heavy atom. The van der Waals surface area contributed by atoms with Gasteiger partial charge in [0.05, 0.1) is 0 Å². The Kier molecular flexibility index (Phi) is 4.72. The number of piperazine rings is 1. The van der Waals surface area contributed by atoms with Crippen LogP contribution < -0.4 is 0 Å². The van der Waals surface area contributed by atoms with Crippen molar-refractivity contribution in [2.24, 2.45) is 0 Å². The molecule has 0 radical (unpaired) electrons. The number of H-pyrrole nitrogens is 1. The van der Waals surface area contributed by atoms with Crippen LogP contribution in [0.4, 0.5) is 0 Å². The first-order valence-electron chi connectivity index (χ1n) is 8.22. The third-order valence-corrected chi connectivity index (χ3v) is 7.60. The predicted octanol–water partition coefficient (Wildman–Crippen LogP) is 1.07. The summed E-state index contributed by atoms with van der Waals surface area (Å²) in [6.45, 7) is 1.23. The van der Waals surface area contributed by atoms with Crippen molar-refractivity contribution in [2.45, 2.75) is 4.21 Å². The minimum absolute atomic E-state index is 0.145. The minimum Gasteiger partial charge on any atom is -0.336 e. The van der Waals surface area contributed by atoms with Crippen LogP contribution in [0.15, 0.2) is 46.0 Å². The van der Waals surface area contributed by atoms with Crippen LogP contribution in [0, 0.1) is 0 Å². The van der Waals surface area contributed by atoms with E-state index in [-0.39, 0.29) is 19.0 Å². The van der Waals surface area contributed by atoms with E-state index in [2.05, 4.69) is 20.6 Å². The first-order chi connectivity index (χ1) is 13.1. The third-order valence-electron chi connectivity index (χ3n) is 4.33. The smallest absolute Gasteiger partial charge is 0.253 e. The van der Waals surface area contributed by atoms with Crippen molar-refractivity contribution in [1.82, 2.24) is 29.8 Å². The number of amides is 1. The number of tetrazole rings is 1. The van der Waals surface area contributed by atoms with Gasteiger partial charge in [-0.3, -0.25) is 4.79 Å². The van der Waals surface area contributed by atoms with Gasteiger partial charge in [-0.15, -0.1) is 21.5 Å². The van der Waals surface area contributed by atoms with E-state index in [9.17, 15) is 13.2 Å². The summed E-state index contributed by atoms with van der Waals surface area (Å²) < 4.78 is 26.9. The number of aromatic nitrogens is 4. The second kappa shape index (κ2) is 7.18. The van der Waals surface area contributed by atoms with Crippen LogP contribution in [-0.2, 0) is 10.0 Å². The number of thiophene rings is 1. The van der Waals surface area contributed by atoms with Gasteiger partial charge in [-0.05, 0) is 28.8 Å². The summed E-state index contributed by atoms with van der Waals surface area (Å²) in [6.07, 6.45) is 0. The average Bonchev–Trinajstić information content (AvgIpc) is 3.41. The molecule has 2 aromatic heterocycles. The lowest BCUT2D eigenvalue weighted by molar-refractivity contribution is 0.0698. The number of aromatic amines is 1. The minimum atomic E-state index is -3.48. The van der Waals surface area contributed by atoms with E-state index in [0.717, 1.165) is 0 Å². The molecule has 4 rings (SSSR count). The Bertz CT molecular complexity index is 1030. The molecule has 0 bridgehead atoms. The summed E-state index contributed by atoms with van der Waals surface area (Å²) >= 11 is 1.20. The van der Waals surface area contributed by atoms with Gasteiger partial charge < -0.3 is 4.90 Å². The van der Waals surface area contributed by atoms with E-state index in [0.29, 0.717) is 34.2 Å². The highest BCUT2D eigenvalue weighted by Gasteiger charge is 2.31. The van der Waals surface area contributed by atoms with Crippen molar-refractivity contribution in [3.63, 3.8) is 0 Å². The SMILES string of the molecule is O=C(c1cccc(-c2nn[nH]n2)c1)N1CCN(S(=O)(=O)c2cccs2)CC1. The molecule has 0 spiro atoms. The lowest BCUT2D eigenvalue weighted by atomic mass is 10.1. The summed E-state index contributed by atoms with van der Waals surface area (Å²) in [5.74, 6) is 0.269. The van der Waals surface area contributed by atoms with Crippen molar-refractivity contribution in [3.05, 3.63) is 47.3 Å². The zero-order valence-electron chi connectivity index (χ0n) is 14.1. The molecule has 140 valence electrons. The van der Waals surface area contributed by atoms with Crippen LogP contribution in [0.5, 0.6) is 0 Å².